The highest BCUT2D eigenvalue weighted by Crippen LogP contribution is 2.24. The Morgan fingerprint density at radius 1 is 1.31 bits per heavy atom. The molecule has 0 aliphatic heterocycles. The quantitative estimate of drug-likeness (QED) is 0.858. The van der Waals surface area contributed by atoms with Gasteiger partial charge in [-0.3, -0.25) is 0 Å². The van der Waals surface area contributed by atoms with Gasteiger partial charge in [0.25, 0.3) is 0 Å². The molecule has 1 atom stereocenters. The number of rotatable bonds is 5. The van der Waals surface area contributed by atoms with E-state index in [0.29, 0.717) is 0 Å². The summed E-state index contributed by atoms with van der Waals surface area (Å²) in [7, 11) is 0. The zero-order valence-corrected chi connectivity index (χ0v) is 10.8. The van der Waals surface area contributed by atoms with E-state index in [9.17, 15) is 5.11 Å². The lowest BCUT2D eigenvalue weighted by Crippen LogP contribution is -2.23. The molecule has 2 rings (SSSR count). The molecule has 0 bridgehead atoms. The summed E-state index contributed by atoms with van der Waals surface area (Å²) in [6.45, 7) is 3.05. The van der Waals surface area contributed by atoms with Gasteiger partial charge in [-0.25, -0.2) is 0 Å². The fourth-order valence-corrected chi connectivity index (χ4v) is 3.27. The summed E-state index contributed by atoms with van der Waals surface area (Å²) in [6.07, 6.45) is 0. The Morgan fingerprint density at radius 3 is 2.75 bits per heavy atom. The van der Waals surface area contributed by atoms with Gasteiger partial charge in [-0.1, -0.05) is 6.07 Å². The largest absolute Gasteiger partial charge is 0.394 e. The summed E-state index contributed by atoms with van der Waals surface area (Å²) in [5.74, 6) is 0. The molecular weight excluding hydrogens is 238 g/mol. The number of hydrogen-bond donors (Lipinski definition) is 2. The maximum Gasteiger partial charge on any atom is 0.0655 e. The van der Waals surface area contributed by atoms with E-state index in [1.165, 1.54) is 15.3 Å². The van der Waals surface area contributed by atoms with Gasteiger partial charge in [-0.15, -0.1) is 22.7 Å². The zero-order chi connectivity index (χ0) is 11.4. The molecule has 0 radical (unpaired) electrons. The minimum Gasteiger partial charge on any atom is -0.394 e. The molecule has 0 amide bonds. The average Bonchev–Trinajstić information content (AvgIpc) is 2.92. The number of thiophene rings is 2. The number of aliphatic hydroxyl groups excluding tert-OH is 1. The van der Waals surface area contributed by atoms with E-state index in [1.54, 1.807) is 22.7 Å². The number of aryl methyl sites for hydroxylation is 1. The second-order valence-corrected chi connectivity index (χ2v) is 5.64. The van der Waals surface area contributed by atoms with Crippen LogP contribution in [0.5, 0.6) is 0 Å². The molecule has 2 heterocycles. The van der Waals surface area contributed by atoms with Crippen molar-refractivity contribution >= 4 is 22.7 Å². The molecule has 2 aromatic heterocycles. The van der Waals surface area contributed by atoms with Crippen LogP contribution in [0.2, 0.25) is 0 Å². The van der Waals surface area contributed by atoms with Crippen LogP contribution in [-0.2, 0) is 6.54 Å². The fraction of sp³-hybridized carbons (Fsp3) is 0.333. The zero-order valence-electron chi connectivity index (χ0n) is 9.14. The van der Waals surface area contributed by atoms with E-state index in [-0.39, 0.29) is 12.6 Å². The van der Waals surface area contributed by atoms with E-state index < -0.39 is 0 Å². The number of nitrogens with one attached hydrogen (secondary N) is 1. The predicted octanol–water partition coefficient (Wildman–Crippen LogP) is 2.94. The Labute approximate surface area is 104 Å². The molecule has 2 nitrogen and oxygen atoms in total. The first kappa shape index (κ1) is 11.8. The van der Waals surface area contributed by atoms with Gasteiger partial charge in [0.15, 0.2) is 0 Å². The molecule has 0 spiro atoms. The molecule has 0 fully saturated rings. The summed E-state index contributed by atoms with van der Waals surface area (Å²) in [4.78, 5) is 2.53. The van der Waals surface area contributed by atoms with Gasteiger partial charge in [-0.2, -0.15) is 0 Å². The van der Waals surface area contributed by atoms with E-state index >= 15 is 0 Å². The summed E-state index contributed by atoms with van der Waals surface area (Å²) >= 11 is 3.44. The second-order valence-electron chi connectivity index (χ2n) is 3.66. The highest BCUT2D eigenvalue weighted by Gasteiger charge is 2.13. The van der Waals surface area contributed by atoms with Crippen molar-refractivity contribution < 1.29 is 5.11 Å². The highest BCUT2D eigenvalue weighted by atomic mass is 32.1. The molecule has 4 heteroatoms. The van der Waals surface area contributed by atoms with Crippen molar-refractivity contribution in [2.24, 2.45) is 0 Å². The van der Waals surface area contributed by atoms with Gasteiger partial charge in [0, 0.05) is 16.3 Å². The van der Waals surface area contributed by atoms with Crippen LogP contribution < -0.4 is 5.32 Å². The number of aliphatic hydroxyl groups is 1. The van der Waals surface area contributed by atoms with E-state index in [2.05, 4.69) is 35.1 Å². The van der Waals surface area contributed by atoms with Gasteiger partial charge in [-0.05, 0) is 35.4 Å². The Bertz CT molecular complexity index is 422. The van der Waals surface area contributed by atoms with Crippen molar-refractivity contribution in [3.8, 4) is 0 Å². The van der Waals surface area contributed by atoms with Crippen molar-refractivity contribution in [3.05, 3.63) is 44.3 Å². The maximum atomic E-state index is 9.40. The van der Waals surface area contributed by atoms with Crippen LogP contribution in [0.1, 0.15) is 21.4 Å². The van der Waals surface area contributed by atoms with E-state index in [0.717, 1.165) is 6.54 Å². The molecule has 0 aromatic carbocycles. The highest BCUT2D eigenvalue weighted by molar-refractivity contribution is 7.10. The monoisotopic (exact) mass is 253 g/mol. The first-order chi connectivity index (χ1) is 7.81. The van der Waals surface area contributed by atoms with E-state index in [4.69, 9.17) is 0 Å². The fourth-order valence-electron chi connectivity index (χ4n) is 1.62. The number of hydrogen-bond acceptors (Lipinski definition) is 4. The Hall–Kier alpha value is -0.680. The lowest BCUT2D eigenvalue weighted by molar-refractivity contribution is 0.245. The van der Waals surface area contributed by atoms with Gasteiger partial charge in [0.05, 0.1) is 12.6 Å². The SMILES string of the molecule is Cc1ccsc1C(CO)NCc1cccs1. The van der Waals surface area contributed by atoms with Gasteiger partial charge < -0.3 is 10.4 Å². The van der Waals surface area contributed by atoms with Crippen molar-refractivity contribution in [3.63, 3.8) is 0 Å². The van der Waals surface area contributed by atoms with Crippen LogP contribution in [-0.4, -0.2) is 11.7 Å². The summed E-state index contributed by atoms with van der Waals surface area (Å²) in [5, 5.41) is 16.9. The van der Waals surface area contributed by atoms with Crippen LogP contribution in [0.15, 0.2) is 29.0 Å². The topological polar surface area (TPSA) is 32.3 Å². The van der Waals surface area contributed by atoms with Crippen molar-refractivity contribution in [1.29, 1.82) is 0 Å². The van der Waals surface area contributed by atoms with Crippen LogP contribution in [0, 0.1) is 6.92 Å². The molecule has 0 saturated carbocycles. The smallest absolute Gasteiger partial charge is 0.0655 e. The van der Waals surface area contributed by atoms with E-state index in [1.807, 2.05) is 6.07 Å². The summed E-state index contributed by atoms with van der Waals surface area (Å²) in [6, 6.07) is 6.30. The molecule has 0 aliphatic rings. The molecular formula is C12H15NOS2. The minimum atomic E-state index is 0.0575. The lowest BCUT2D eigenvalue weighted by Gasteiger charge is -2.15. The Morgan fingerprint density at radius 2 is 2.19 bits per heavy atom. The summed E-state index contributed by atoms with van der Waals surface area (Å²) in [5.41, 5.74) is 1.25. The first-order valence-electron chi connectivity index (χ1n) is 5.22. The van der Waals surface area contributed by atoms with Gasteiger partial charge in [0.1, 0.15) is 0 Å². The summed E-state index contributed by atoms with van der Waals surface area (Å²) < 4.78 is 0. The molecule has 86 valence electrons. The molecule has 2 N–H and O–H groups in total. The standard InChI is InChI=1S/C12H15NOS2/c1-9-4-6-16-12(9)11(8-14)13-7-10-3-2-5-15-10/h2-6,11,13-14H,7-8H2,1H3. The maximum absolute atomic E-state index is 9.40. The van der Waals surface area contributed by atoms with Crippen molar-refractivity contribution in [1.82, 2.24) is 5.32 Å². The molecule has 0 saturated heterocycles. The third kappa shape index (κ3) is 2.71. The van der Waals surface area contributed by atoms with Crippen LogP contribution in [0.3, 0.4) is 0 Å². The predicted molar refractivity (Wildman–Crippen MR) is 70.0 cm³/mol. The first-order valence-corrected chi connectivity index (χ1v) is 6.98. The molecule has 2 aromatic rings. The average molecular weight is 253 g/mol. The molecule has 1 unspecified atom stereocenters. The Balaban J connectivity index is 1.99. The van der Waals surface area contributed by atoms with Gasteiger partial charge >= 0.3 is 0 Å². The third-order valence-electron chi connectivity index (χ3n) is 2.50. The Kier molecular flexibility index (Phi) is 4.12. The van der Waals surface area contributed by atoms with Gasteiger partial charge in [0.2, 0.25) is 0 Å². The third-order valence-corrected chi connectivity index (χ3v) is 4.51. The van der Waals surface area contributed by atoms with Crippen LogP contribution in [0.25, 0.3) is 0 Å². The van der Waals surface area contributed by atoms with Crippen LogP contribution in [0.4, 0.5) is 0 Å². The normalized spacial score (nSPS) is 12.9. The molecule has 16 heavy (non-hydrogen) atoms. The minimum absolute atomic E-state index is 0.0575. The van der Waals surface area contributed by atoms with Crippen molar-refractivity contribution in [2.45, 2.75) is 19.5 Å². The lowest BCUT2D eigenvalue weighted by atomic mass is 10.2. The van der Waals surface area contributed by atoms with Crippen LogP contribution >= 0.6 is 22.7 Å². The second kappa shape index (κ2) is 5.59. The molecule has 0 aliphatic carbocycles. The van der Waals surface area contributed by atoms with Crippen molar-refractivity contribution in [2.75, 3.05) is 6.61 Å².